The predicted octanol–water partition coefficient (Wildman–Crippen LogP) is 8.70. The molecule has 210 valence electrons. The average molecular weight is 504 g/mol. The smallest absolute Gasteiger partial charge is 0.104 e. The number of hydrogen-bond donors (Lipinski definition) is 0. The molecule has 1 unspecified atom stereocenters. The highest BCUT2D eigenvalue weighted by molar-refractivity contribution is 5.67. The summed E-state index contributed by atoms with van der Waals surface area (Å²) in [5, 5.41) is 10.3. The van der Waals surface area contributed by atoms with Crippen molar-refractivity contribution in [3.05, 3.63) is 35.9 Å². The van der Waals surface area contributed by atoms with Gasteiger partial charge >= 0.3 is 0 Å². The van der Waals surface area contributed by atoms with E-state index in [1.807, 2.05) is 6.92 Å². The lowest BCUT2D eigenvalue weighted by molar-refractivity contribution is -0.903. The van der Waals surface area contributed by atoms with Crippen molar-refractivity contribution in [1.29, 1.82) is 0 Å². The Hall–Kier alpha value is -1.35. The van der Waals surface area contributed by atoms with E-state index in [0.717, 1.165) is 30.3 Å². The standard InChI is InChI=1S/C25H46N.C8H16O2/c1-4-5-6-7-8-9-10-11-12-13-14-15-16-20-23-26(2,3)24-25-21-18-17-19-22-25;1-3-5-6-7(4-2)8(9)10/h17-19,21-22H,4-16,20,23-24H2,1-3H3;7H,3-6H2,1-2H3,(H,9,10)/q+1;/p-1. The van der Waals surface area contributed by atoms with Gasteiger partial charge in [0.2, 0.25) is 0 Å². The van der Waals surface area contributed by atoms with Crippen molar-refractivity contribution in [2.75, 3.05) is 20.6 Å². The van der Waals surface area contributed by atoms with Crippen LogP contribution in [0, 0.1) is 5.92 Å². The van der Waals surface area contributed by atoms with E-state index < -0.39 is 5.97 Å². The molecule has 0 heterocycles. The van der Waals surface area contributed by atoms with Crippen LogP contribution < -0.4 is 5.11 Å². The maximum absolute atomic E-state index is 10.3. The number of unbranched alkanes of at least 4 members (excludes halogenated alkanes) is 14. The lowest BCUT2D eigenvalue weighted by Crippen LogP contribution is -2.39. The van der Waals surface area contributed by atoms with Crippen molar-refractivity contribution in [3.63, 3.8) is 0 Å². The second kappa shape index (κ2) is 24.0. The first kappa shape index (κ1) is 34.6. The molecule has 0 aromatic heterocycles. The Morgan fingerprint density at radius 3 is 1.56 bits per heavy atom. The Bertz CT molecular complexity index is 599. The Balaban J connectivity index is 0.00000103. The fourth-order valence-electron chi connectivity index (χ4n) is 4.83. The van der Waals surface area contributed by atoms with Crippen LogP contribution in [0.25, 0.3) is 0 Å². The highest BCUT2D eigenvalue weighted by atomic mass is 16.4. The summed E-state index contributed by atoms with van der Waals surface area (Å²) in [5.41, 5.74) is 1.46. The Morgan fingerprint density at radius 1 is 0.694 bits per heavy atom. The van der Waals surface area contributed by atoms with Gasteiger partial charge in [-0.2, -0.15) is 0 Å². The summed E-state index contributed by atoms with van der Waals surface area (Å²) in [6.45, 7) is 8.69. The fourth-order valence-corrected chi connectivity index (χ4v) is 4.83. The van der Waals surface area contributed by atoms with E-state index in [2.05, 4.69) is 58.3 Å². The average Bonchev–Trinajstić information content (AvgIpc) is 2.85. The van der Waals surface area contributed by atoms with Crippen LogP contribution in [0.4, 0.5) is 0 Å². The first-order chi connectivity index (χ1) is 17.4. The number of carboxylic acid groups (broad SMARTS) is 1. The lowest BCUT2D eigenvalue weighted by Gasteiger charge is -2.30. The van der Waals surface area contributed by atoms with Gasteiger partial charge in [-0.05, 0) is 31.6 Å². The molecule has 3 nitrogen and oxygen atoms in total. The van der Waals surface area contributed by atoms with Crippen molar-refractivity contribution in [1.82, 2.24) is 0 Å². The minimum absolute atomic E-state index is 0.222. The highest BCUT2D eigenvalue weighted by Gasteiger charge is 2.14. The maximum Gasteiger partial charge on any atom is 0.104 e. The van der Waals surface area contributed by atoms with Gasteiger partial charge in [0.25, 0.3) is 0 Å². The molecule has 1 aromatic carbocycles. The molecule has 0 saturated heterocycles. The molecule has 0 aliphatic heterocycles. The van der Waals surface area contributed by atoms with E-state index in [-0.39, 0.29) is 5.92 Å². The number of rotatable bonds is 22. The molecule has 0 aliphatic rings. The minimum Gasteiger partial charge on any atom is -0.550 e. The third-order valence-electron chi connectivity index (χ3n) is 7.30. The molecule has 0 amide bonds. The SMILES string of the molecule is CCCCC(CC)C(=O)[O-].CCCCCCCCCCCCCCCC[N+](C)(C)Cc1ccccc1. The highest BCUT2D eigenvalue weighted by Crippen LogP contribution is 2.15. The number of carboxylic acids is 1. The molecule has 0 radical (unpaired) electrons. The van der Waals surface area contributed by atoms with E-state index >= 15 is 0 Å². The molecule has 0 aliphatic carbocycles. The number of quaternary nitrogens is 1. The zero-order chi connectivity index (χ0) is 26.9. The number of aliphatic carboxylic acids is 1. The van der Waals surface area contributed by atoms with Gasteiger partial charge in [0.1, 0.15) is 6.54 Å². The predicted molar refractivity (Wildman–Crippen MR) is 156 cm³/mol. The largest absolute Gasteiger partial charge is 0.550 e. The first-order valence-electron chi connectivity index (χ1n) is 15.4. The molecule has 36 heavy (non-hydrogen) atoms. The van der Waals surface area contributed by atoms with E-state index in [1.54, 1.807) is 0 Å². The molecule has 3 heteroatoms. The number of hydrogen-bond acceptors (Lipinski definition) is 2. The molecule has 1 rings (SSSR count). The third kappa shape index (κ3) is 21.9. The molecule has 1 aromatic rings. The van der Waals surface area contributed by atoms with Gasteiger partial charge in [0.15, 0.2) is 0 Å². The van der Waals surface area contributed by atoms with Gasteiger partial charge in [-0.3, -0.25) is 0 Å². The molecule has 0 fully saturated rings. The van der Waals surface area contributed by atoms with Crippen LogP contribution in [-0.4, -0.2) is 31.1 Å². The Morgan fingerprint density at radius 2 is 1.14 bits per heavy atom. The maximum atomic E-state index is 10.3. The number of carbonyl (C=O) groups is 1. The van der Waals surface area contributed by atoms with Crippen LogP contribution in [0.5, 0.6) is 0 Å². The second-order valence-electron chi connectivity index (χ2n) is 11.5. The fraction of sp³-hybridized carbons (Fsp3) is 0.788. The van der Waals surface area contributed by atoms with Crippen LogP contribution in [0.3, 0.4) is 0 Å². The van der Waals surface area contributed by atoms with E-state index in [9.17, 15) is 9.90 Å². The van der Waals surface area contributed by atoms with Gasteiger partial charge in [-0.25, -0.2) is 0 Å². The Kier molecular flexibility index (Phi) is 23.1. The summed E-state index contributed by atoms with van der Waals surface area (Å²) < 4.78 is 1.11. The summed E-state index contributed by atoms with van der Waals surface area (Å²) in [4.78, 5) is 10.3. The summed E-state index contributed by atoms with van der Waals surface area (Å²) >= 11 is 0. The minimum atomic E-state index is -0.893. The second-order valence-corrected chi connectivity index (χ2v) is 11.5. The van der Waals surface area contributed by atoms with Gasteiger partial charge in [0, 0.05) is 11.5 Å². The normalized spacial score (nSPS) is 12.1. The summed E-state index contributed by atoms with van der Waals surface area (Å²) in [7, 11) is 4.74. The van der Waals surface area contributed by atoms with Crippen molar-refractivity contribution in [2.24, 2.45) is 5.92 Å². The van der Waals surface area contributed by atoms with Gasteiger partial charge < -0.3 is 14.4 Å². The van der Waals surface area contributed by atoms with E-state index in [4.69, 9.17) is 0 Å². The zero-order valence-corrected chi connectivity index (χ0v) is 24.9. The molecule has 0 bridgehead atoms. The van der Waals surface area contributed by atoms with Crippen molar-refractivity contribution in [3.8, 4) is 0 Å². The van der Waals surface area contributed by atoms with Crippen LogP contribution in [0.15, 0.2) is 30.3 Å². The van der Waals surface area contributed by atoms with E-state index in [0.29, 0.717) is 6.42 Å². The van der Waals surface area contributed by atoms with Crippen LogP contribution >= 0.6 is 0 Å². The number of carbonyl (C=O) groups excluding carboxylic acids is 1. The molecular formula is C33H61NO2. The summed E-state index contributed by atoms with van der Waals surface area (Å²) in [5.74, 6) is -1.11. The van der Waals surface area contributed by atoms with E-state index in [1.165, 1.54) is 102 Å². The Labute approximate surface area is 225 Å². The number of nitrogens with zero attached hydrogens (tertiary/aromatic N) is 1. The summed E-state index contributed by atoms with van der Waals surface area (Å²) in [6, 6.07) is 10.9. The topological polar surface area (TPSA) is 40.1 Å². The van der Waals surface area contributed by atoms with Gasteiger partial charge in [-0.1, -0.05) is 141 Å². The van der Waals surface area contributed by atoms with Crippen LogP contribution in [0.1, 0.15) is 142 Å². The first-order valence-corrected chi connectivity index (χ1v) is 15.4. The van der Waals surface area contributed by atoms with Crippen molar-refractivity contribution >= 4 is 5.97 Å². The van der Waals surface area contributed by atoms with Gasteiger partial charge in [0.05, 0.1) is 20.6 Å². The molecular weight excluding hydrogens is 442 g/mol. The molecule has 0 N–H and O–H groups in total. The van der Waals surface area contributed by atoms with Crippen LogP contribution in [-0.2, 0) is 11.3 Å². The third-order valence-corrected chi connectivity index (χ3v) is 7.30. The summed E-state index contributed by atoms with van der Waals surface area (Å²) in [6.07, 6.45) is 23.7. The molecule has 1 atom stereocenters. The quantitative estimate of drug-likeness (QED) is 0.117. The van der Waals surface area contributed by atoms with Crippen LogP contribution in [0.2, 0.25) is 0 Å². The lowest BCUT2D eigenvalue weighted by atomic mass is 10.00. The van der Waals surface area contributed by atoms with Gasteiger partial charge in [-0.15, -0.1) is 0 Å². The monoisotopic (exact) mass is 503 g/mol. The van der Waals surface area contributed by atoms with Crippen molar-refractivity contribution < 1.29 is 14.4 Å². The number of benzene rings is 1. The zero-order valence-electron chi connectivity index (χ0n) is 24.9. The van der Waals surface area contributed by atoms with Crippen molar-refractivity contribution in [2.45, 2.75) is 143 Å². The molecule has 0 saturated carbocycles. The molecule has 0 spiro atoms.